The van der Waals surface area contributed by atoms with Crippen molar-refractivity contribution in [3.63, 3.8) is 0 Å². The summed E-state index contributed by atoms with van der Waals surface area (Å²) >= 11 is 0. The van der Waals surface area contributed by atoms with Crippen molar-refractivity contribution >= 4 is 22.1 Å². The normalized spacial score (nSPS) is 11.9. The lowest BCUT2D eigenvalue weighted by molar-refractivity contribution is -0.137. The predicted molar refractivity (Wildman–Crippen MR) is 65.1 cm³/mol. The molecular weight excluding hydrogens is 262 g/mol. The third-order valence-corrected chi connectivity index (χ3v) is 4.17. The Morgan fingerprint density at radius 3 is 1.94 bits per heavy atom. The van der Waals surface area contributed by atoms with E-state index in [1.807, 2.05) is 0 Å². The molecule has 1 amide bonds. The van der Waals surface area contributed by atoms with Crippen LogP contribution in [-0.4, -0.2) is 80.2 Å². The zero-order chi connectivity index (χ0) is 14.5. The van der Waals surface area contributed by atoms with Crippen LogP contribution in [0.25, 0.3) is 0 Å². The van der Waals surface area contributed by atoms with E-state index in [9.17, 15) is 18.0 Å². The fourth-order valence-corrected chi connectivity index (χ4v) is 2.09. The Morgan fingerprint density at radius 2 is 1.56 bits per heavy atom. The Hall–Kier alpha value is -1.19. The zero-order valence-corrected chi connectivity index (χ0v) is 11.8. The summed E-state index contributed by atoms with van der Waals surface area (Å²) < 4.78 is 25.6. The highest BCUT2D eigenvalue weighted by Crippen LogP contribution is 2.04. The average Bonchev–Trinajstić information content (AvgIpc) is 2.24. The van der Waals surface area contributed by atoms with Crippen molar-refractivity contribution < 1.29 is 23.1 Å². The summed E-state index contributed by atoms with van der Waals surface area (Å²) in [6.07, 6.45) is -0.287. The number of carboxylic acid groups (broad SMARTS) is 1. The largest absolute Gasteiger partial charge is 0.481 e. The van der Waals surface area contributed by atoms with Gasteiger partial charge in [-0.3, -0.25) is 9.59 Å². The van der Waals surface area contributed by atoms with Crippen molar-refractivity contribution in [2.75, 3.05) is 41.3 Å². The molecule has 0 fully saturated rings. The third kappa shape index (κ3) is 4.98. The molecule has 1 N–H and O–H groups in total. The maximum Gasteiger partial charge on any atom is 0.304 e. The molecule has 0 unspecified atom stereocenters. The highest BCUT2D eigenvalue weighted by Gasteiger charge is 2.26. The van der Waals surface area contributed by atoms with E-state index in [0.717, 1.165) is 8.61 Å². The van der Waals surface area contributed by atoms with Crippen LogP contribution in [-0.2, 0) is 19.8 Å². The number of carboxylic acids is 1. The summed E-state index contributed by atoms with van der Waals surface area (Å²) in [6, 6.07) is 0. The number of nitrogens with zero attached hydrogens (tertiary/aromatic N) is 3. The van der Waals surface area contributed by atoms with Crippen molar-refractivity contribution in [2.24, 2.45) is 0 Å². The molecule has 0 rings (SSSR count). The van der Waals surface area contributed by atoms with Gasteiger partial charge in [-0.1, -0.05) is 0 Å². The van der Waals surface area contributed by atoms with E-state index in [4.69, 9.17) is 5.11 Å². The predicted octanol–water partition coefficient (Wildman–Crippen LogP) is -1.34. The number of hydrogen-bond donors (Lipinski definition) is 1. The van der Waals surface area contributed by atoms with Gasteiger partial charge in [-0.25, -0.2) is 0 Å². The number of carbonyl (C=O) groups is 2. The van der Waals surface area contributed by atoms with E-state index < -0.39 is 16.2 Å². The highest BCUT2D eigenvalue weighted by molar-refractivity contribution is 7.86. The van der Waals surface area contributed by atoms with Crippen molar-refractivity contribution in [1.82, 2.24) is 13.5 Å². The first-order valence-electron chi connectivity index (χ1n) is 5.18. The zero-order valence-electron chi connectivity index (χ0n) is 11.0. The molecule has 18 heavy (non-hydrogen) atoms. The maximum atomic E-state index is 11.9. The summed E-state index contributed by atoms with van der Waals surface area (Å²) in [7, 11) is 1.79. The minimum atomic E-state index is -3.81. The number of likely N-dealkylation sites (N-methyl/N-ethyl adjacent to an activating group) is 2. The SMILES string of the molecule is CN(C)C(=O)CN(C)S(=O)(=O)N(C)CCC(=O)O. The number of amides is 1. The van der Waals surface area contributed by atoms with Crippen molar-refractivity contribution in [3.8, 4) is 0 Å². The molecule has 0 radical (unpaired) electrons. The second-order valence-corrected chi connectivity index (χ2v) is 6.16. The Labute approximate surface area is 107 Å². The molecule has 0 saturated heterocycles. The first kappa shape index (κ1) is 16.8. The van der Waals surface area contributed by atoms with E-state index in [0.29, 0.717) is 0 Å². The molecule has 0 aliphatic rings. The molecule has 0 spiro atoms. The molecule has 8 nitrogen and oxygen atoms in total. The van der Waals surface area contributed by atoms with E-state index in [1.54, 1.807) is 0 Å². The first-order chi connectivity index (χ1) is 8.09. The standard InChI is InChI=1S/C9H19N3O5S/c1-10(2)8(13)7-12(4)18(16,17)11(3)6-5-9(14)15/h5-7H2,1-4H3,(H,14,15). The van der Waals surface area contributed by atoms with Crippen molar-refractivity contribution in [1.29, 1.82) is 0 Å². The molecule has 0 atom stereocenters. The minimum absolute atomic E-state index is 0.141. The van der Waals surface area contributed by atoms with Crippen molar-refractivity contribution in [2.45, 2.75) is 6.42 Å². The van der Waals surface area contributed by atoms with E-state index >= 15 is 0 Å². The van der Waals surface area contributed by atoms with Gasteiger partial charge >= 0.3 is 5.97 Å². The van der Waals surface area contributed by atoms with Crippen LogP contribution in [0.3, 0.4) is 0 Å². The van der Waals surface area contributed by atoms with Crippen LogP contribution in [0.15, 0.2) is 0 Å². The first-order valence-corrected chi connectivity index (χ1v) is 6.58. The van der Waals surface area contributed by atoms with Gasteiger partial charge in [0.2, 0.25) is 5.91 Å². The van der Waals surface area contributed by atoms with Gasteiger partial charge in [-0.2, -0.15) is 17.0 Å². The van der Waals surface area contributed by atoms with Gasteiger partial charge in [0.15, 0.2) is 0 Å². The van der Waals surface area contributed by atoms with Crippen LogP contribution in [0.5, 0.6) is 0 Å². The van der Waals surface area contributed by atoms with Crippen LogP contribution in [0.2, 0.25) is 0 Å². The lowest BCUT2D eigenvalue weighted by atomic mass is 10.4. The number of aliphatic carboxylic acids is 1. The molecule has 0 aromatic heterocycles. The highest BCUT2D eigenvalue weighted by atomic mass is 32.2. The van der Waals surface area contributed by atoms with E-state index in [-0.39, 0.29) is 25.4 Å². The molecule has 9 heteroatoms. The second kappa shape index (κ2) is 6.66. The smallest absolute Gasteiger partial charge is 0.304 e. The molecule has 0 aliphatic heterocycles. The number of hydrogen-bond acceptors (Lipinski definition) is 4. The van der Waals surface area contributed by atoms with Gasteiger partial charge in [0.1, 0.15) is 0 Å². The molecule has 0 saturated carbocycles. The van der Waals surface area contributed by atoms with Crippen molar-refractivity contribution in [3.05, 3.63) is 0 Å². The lowest BCUT2D eigenvalue weighted by Gasteiger charge is -2.24. The van der Waals surface area contributed by atoms with Gasteiger partial charge in [-0.05, 0) is 0 Å². The third-order valence-electron chi connectivity index (χ3n) is 2.29. The van der Waals surface area contributed by atoms with Crippen LogP contribution in [0.1, 0.15) is 6.42 Å². The van der Waals surface area contributed by atoms with Gasteiger partial charge in [0.05, 0.1) is 13.0 Å². The fourth-order valence-electron chi connectivity index (χ4n) is 1.02. The van der Waals surface area contributed by atoms with Crippen LogP contribution in [0, 0.1) is 0 Å². The molecule has 0 aromatic rings. The molecule has 0 aliphatic carbocycles. The van der Waals surface area contributed by atoms with Gasteiger partial charge in [0.25, 0.3) is 10.2 Å². The molecule has 0 aromatic carbocycles. The minimum Gasteiger partial charge on any atom is -0.481 e. The molecule has 0 heterocycles. The quantitative estimate of drug-likeness (QED) is 0.622. The van der Waals surface area contributed by atoms with E-state index in [2.05, 4.69) is 0 Å². The summed E-state index contributed by atoms with van der Waals surface area (Å²) in [6.45, 7) is -0.426. The Balaban J connectivity index is 4.61. The molecular formula is C9H19N3O5S. The monoisotopic (exact) mass is 281 g/mol. The van der Waals surface area contributed by atoms with Gasteiger partial charge in [-0.15, -0.1) is 0 Å². The number of carbonyl (C=O) groups excluding carboxylic acids is 1. The lowest BCUT2D eigenvalue weighted by Crippen LogP contribution is -2.44. The van der Waals surface area contributed by atoms with Gasteiger partial charge < -0.3 is 10.0 Å². The fraction of sp³-hybridized carbons (Fsp3) is 0.778. The maximum absolute atomic E-state index is 11.9. The summed E-state index contributed by atoms with van der Waals surface area (Å²) in [5.74, 6) is -1.43. The van der Waals surface area contributed by atoms with E-state index in [1.165, 1.54) is 33.1 Å². The molecule has 0 bridgehead atoms. The van der Waals surface area contributed by atoms with Gasteiger partial charge in [0, 0.05) is 34.7 Å². The van der Waals surface area contributed by atoms with Crippen LogP contribution >= 0.6 is 0 Å². The summed E-state index contributed by atoms with van der Waals surface area (Å²) in [5, 5.41) is 8.49. The molecule has 106 valence electrons. The Morgan fingerprint density at radius 1 is 1.06 bits per heavy atom. The summed E-state index contributed by atoms with van der Waals surface area (Å²) in [5.41, 5.74) is 0. The Bertz CT molecular complexity index is 406. The van der Waals surface area contributed by atoms with Crippen LogP contribution < -0.4 is 0 Å². The topological polar surface area (TPSA) is 98.2 Å². The Kier molecular flexibility index (Phi) is 6.22. The number of rotatable bonds is 7. The second-order valence-electron chi connectivity index (χ2n) is 4.02. The van der Waals surface area contributed by atoms with Crippen LogP contribution in [0.4, 0.5) is 0 Å². The summed E-state index contributed by atoms with van der Waals surface area (Å²) in [4.78, 5) is 23.0. The average molecular weight is 281 g/mol.